The fourth-order valence-electron chi connectivity index (χ4n) is 2.81. The molecule has 0 radical (unpaired) electrons. The Balaban J connectivity index is 1.50. The maximum atomic E-state index is 12.4. The second-order valence-corrected chi connectivity index (χ2v) is 6.86. The number of anilines is 2. The van der Waals surface area contributed by atoms with E-state index in [2.05, 4.69) is 5.32 Å². The zero-order valence-corrected chi connectivity index (χ0v) is 16.1. The molecule has 0 unspecified atom stereocenters. The predicted octanol–water partition coefficient (Wildman–Crippen LogP) is 5.61. The summed E-state index contributed by atoms with van der Waals surface area (Å²) < 4.78 is 16.0. The van der Waals surface area contributed by atoms with Crippen LogP contribution in [0.25, 0.3) is 0 Å². The lowest BCUT2D eigenvalue weighted by atomic mass is 10.1. The number of esters is 1. The van der Waals surface area contributed by atoms with Crippen LogP contribution in [-0.2, 0) is 11.2 Å². The Hall–Kier alpha value is -2.89. The Bertz CT molecular complexity index is 1020. The van der Waals surface area contributed by atoms with E-state index in [0.717, 1.165) is 11.3 Å². The number of rotatable bonds is 5. The fourth-order valence-corrected chi connectivity index (χ4v) is 3.30. The van der Waals surface area contributed by atoms with E-state index in [0.29, 0.717) is 33.0 Å². The first-order chi connectivity index (χ1) is 13.6. The summed E-state index contributed by atoms with van der Waals surface area (Å²) in [5.41, 5.74) is 2.06. The maximum Gasteiger partial charge on any atom is 0.315 e. The van der Waals surface area contributed by atoms with Crippen molar-refractivity contribution in [1.29, 1.82) is 0 Å². The number of halogens is 2. The third-order valence-corrected chi connectivity index (χ3v) is 4.78. The molecule has 0 aromatic heterocycles. The number of benzene rings is 3. The highest BCUT2D eigenvalue weighted by molar-refractivity contribution is 6.39. The van der Waals surface area contributed by atoms with Crippen LogP contribution in [-0.4, -0.2) is 12.8 Å². The SMILES string of the molecule is O=C(Cc1ccccc1Nc1c(Cl)cccc1Cl)Oc1ccc2c(c1)OCO2. The highest BCUT2D eigenvalue weighted by atomic mass is 35.5. The molecule has 0 aliphatic carbocycles. The van der Waals surface area contributed by atoms with Gasteiger partial charge in [-0.3, -0.25) is 4.79 Å². The average molecular weight is 416 g/mol. The number of ether oxygens (including phenoxy) is 3. The molecule has 0 bridgehead atoms. The smallest absolute Gasteiger partial charge is 0.315 e. The molecule has 1 aliphatic rings. The molecule has 3 aromatic rings. The Labute approximate surface area is 171 Å². The number of nitrogens with one attached hydrogen (secondary N) is 1. The molecule has 0 spiro atoms. The van der Waals surface area contributed by atoms with Crippen LogP contribution in [0.2, 0.25) is 10.0 Å². The van der Waals surface area contributed by atoms with Gasteiger partial charge in [0, 0.05) is 11.8 Å². The van der Waals surface area contributed by atoms with Crippen LogP contribution in [0.5, 0.6) is 17.2 Å². The maximum absolute atomic E-state index is 12.4. The van der Waals surface area contributed by atoms with Gasteiger partial charge in [0.1, 0.15) is 5.75 Å². The van der Waals surface area contributed by atoms with Crippen molar-refractivity contribution in [3.63, 3.8) is 0 Å². The lowest BCUT2D eigenvalue weighted by molar-refractivity contribution is -0.133. The van der Waals surface area contributed by atoms with Gasteiger partial charge in [-0.1, -0.05) is 47.5 Å². The van der Waals surface area contributed by atoms with E-state index in [9.17, 15) is 4.79 Å². The van der Waals surface area contributed by atoms with Crippen molar-refractivity contribution in [2.75, 3.05) is 12.1 Å². The van der Waals surface area contributed by atoms with E-state index in [-0.39, 0.29) is 13.2 Å². The van der Waals surface area contributed by atoms with Crippen molar-refractivity contribution in [1.82, 2.24) is 0 Å². The molecule has 0 saturated carbocycles. The molecular weight excluding hydrogens is 401 g/mol. The molecule has 0 fully saturated rings. The van der Waals surface area contributed by atoms with Gasteiger partial charge in [0.2, 0.25) is 6.79 Å². The van der Waals surface area contributed by atoms with Crippen molar-refractivity contribution >= 4 is 40.5 Å². The summed E-state index contributed by atoms with van der Waals surface area (Å²) in [6.07, 6.45) is 0.0691. The molecule has 0 saturated heterocycles. The average Bonchev–Trinajstić information content (AvgIpc) is 3.14. The van der Waals surface area contributed by atoms with Crippen LogP contribution in [0, 0.1) is 0 Å². The molecule has 3 aromatic carbocycles. The van der Waals surface area contributed by atoms with Crippen molar-refractivity contribution < 1.29 is 19.0 Å². The molecule has 1 N–H and O–H groups in total. The summed E-state index contributed by atoms with van der Waals surface area (Å²) in [7, 11) is 0. The third kappa shape index (κ3) is 4.01. The molecule has 1 heterocycles. The zero-order valence-electron chi connectivity index (χ0n) is 14.6. The highest BCUT2D eigenvalue weighted by Crippen LogP contribution is 2.36. The normalized spacial score (nSPS) is 11.9. The molecular formula is C21H15Cl2NO4. The van der Waals surface area contributed by atoms with Crippen LogP contribution in [0.4, 0.5) is 11.4 Å². The Kier molecular flexibility index (Phi) is 5.28. The van der Waals surface area contributed by atoms with Crippen LogP contribution in [0.3, 0.4) is 0 Å². The molecule has 1 aliphatic heterocycles. The van der Waals surface area contributed by atoms with Gasteiger partial charge in [-0.15, -0.1) is 0 Å². The van der Waals surface area contributed by atoms with Crippen molar-refractivity contribution in [2.45, 2.75) is 6.42 Å². The van der Waals surface area contributed by atoms with Gasteiger partial charge < -0.3 is 19.5 Å². The van der Waals surface area contributed by atoms with Gasteiger partial charge >= 0.3 is 5.97 Å². The minimum atomic E-state index is -0.404. The quantitative estimate of drug-likeness (QED) is 0.433. The van der Waals surface area contributed by atoms with Gasteiger partial charge in [0.05, 0.1) is 22.2 Å². The minimum Gasteiger partial charge on any atom is -0.454 e. The molecule has 7 heteroatoms. The highest BCUT2D eigenvalue weighted by Gasteiger charge is 2.16. The van der Waals surface area contributed by atoms with Gasteiger partial charge in [-0.05, 0) is 35.9 Å². The largest absolute Gasteiger partial charge is 0.454 e. The lowest BCUT2D eigenvalue weighted by Gasteiger charge is -2.14. The monoisotopic (exact) mass is 415 g/mol. The lowest BCUT2D eigenvalue weighted by Crippen LogP contribution is -2.12. The minimum absolute atomic E-state index is 0.0691. The van der Waals surface area contributed by atoms with Crippen LogP contribution >= 0.6 is 23.2 Å². The number of carbonyl (C=O) groups is 1. The number of fused-ring (bicyclic) bond motifs is 1. The molecule has 5 nitrogen and oxygen atoms in total. The molecule has 142 valence electrons. The summed E-state index contributed by atoms with van der Waals surface area (Å²) >= 11 is 12.5. The van der Waals surface area contributed by atoms with E-state index >= 15 is 0 Å². The summed E-state index contributed by atoms with van der Waals surface area (Å²) in [6, 6.07) is 17.7. The predicted molar refractivity (Wildman–Crippen MR) is 108 cm³/mol. The fraction of sp³-hybridized carbons (Fsp3) is 0.0952. The molecule has 4 rings (SSSR count). The number of carbonyl (C=O) groups excluding carboxylic acids is 1. The first-order valence-electron chi connectivity index (χ1n) is 8.49. The Morgan fingerprint density at radius 3 is 2.54 bits per heavy atom. The standard InChI is InChI=1S/C21H15Cl2NO4/c22-15-5-3-6-16(23)21(15)24-17-7-2-1-4-13(17)10-20(25)28-14-8-9-18-19(11-14)27-12-26-18/h1-9,11,24H,10,12H2. The first-order valence-corrected chi connectivity index (χ1v) is 9.25. The van der Waals surface area contributed by atoms with E-state index < -0.39 is 5.97 Å². The van der Waals surface area contributed by atoms with Crippen LogP contribution in [0.1, 0.15) is 5.56 Å². The number of hydrogen-bond donors (Lipinski definition) is 1. The summed E-state index contributed by atoms with van der Waals surface area (Å²) in [5, 5.41) is 4.19. The second kappa shape index (κ2) is 8.00. The van der Waals surface area contributed by atoms with Crippen molar-refractivity contribution in [3.05, 3.63) is 76.3 Å². The van der Waals surface area contributed by atoms with E-state index in [4.69, 9.17) is 37.4 Å². The van der Waals surface area contributed by atoms with E-state index in [1.807, 2.05) is 24.3 Å². The Morgan fingerprint density at radius 2 is 1.71 bits per heavy atom. The van der Waals surface area contributed by atoms with Gasteiger partial charge in [-0.2, -0.15) is 0 Å². The third-order valence-electron chi connectivity index (χ3n) is 4.15. The van der Waals surface area contributed by atoms with Gasteiger partial charge in [0.15, 0.2) is 11.5 Å². The van der Waals surface area contributed by atoms with Crippen molar-refractivity contribution in [2.24, 2.45) is 0 Å². The first kappa shape index (κ1) is 18.5. The zero-order chi connectivity index (χ0) is 19.5. The molecule has 28 heavy (non-hydrogen) atoms. The summed E-state index contributed by atoms with van der Waals surface area (Å²) in [6.45, 7) is 0.163. The van der Waals surface area contributed by atoms with E-state index in [1.54, 1.807) is 36.4 Å². The Morgan fingerprint density at radius 1 is 0.964 bits per heavy atom. The summed E-state index contributed by atoms with van der Waals surface area (Å²) in [5.74, 6) is 1.18. The number of hydrogen-bond acceptors (Lipinski definition) is 5. The van der Waals surface area contributed by atoms with Gasteiger partial charge in [-0.25, -0.2) is 0 Å². The molecule has 0 atom stereocenters. The number of para-hydroxylation sites is 2. The molecule has 0 amide bonds. The van der Waals surface area contributed by atoms with Gasteiger partial charge in [0.25, 0.3) is 0 Å². The van der Waals surface area contributed by atoms with Crippen LogP contribution in [0.15, 0.2) is 60.7 Å². The van der Waals surface area contributed by atoms with Crippen molar-refractivity contribution in [3.8, 4) is 17.2 Å². The summed E-state index contributed by atoms with van der Waals surface area (Å²) in [4.78, 5) is 12.4. The second-order valence-electron chi connectivity index (χ2n) is 6.04. The van der Waals surface area contributed by atoms with E-state index in [1.165, 1.54) is 0 Å². The topological polar surface area (TPSA) is 56.8 Å². The van der Waals surface area contributed by atoms with Crippen LogP contribution < -0.4 is 19.5 Å².